The van der Waals surface area contributed by atoms with Crippen LogP contribution in [0.2, 0.25) is 0 Å². The molecule has 2 aromatic heterocycles. The Balaban J connectivity index is 1.95. The fourth-order valence-corrected chi connectivity index (χ4v) is 1.79. The predicted molar refractivity (Wildman–Crippen MR) is 71.6 cm³/mol. The molecular weight excluding hydrogens is 240 g/mol. The van der Waals surface area contributed by atoms with Crippen LogP contribution in [0.4, 0.5) is 0 Å². The van der Waals surface area contributed by atoms with Gasteiger partial charge < -0.3 is 5.32 Å². The molecule has 2 heterocycles. The molecule has 2 rings (SSSR count). The lowest BCUT2D eigenvalue weighted by Gasteiger charge is -2.13. The minimum atomic E-state index is -0.118. The summed E-state index contributed by atoms with van der Waals surface area (Å²) in [6.45, 7) is 3.85. The van der Waals surface area contributed by atoms with Gasteiger partial charge in [-0.15, -0.1) is 0 Å². The Hall–Kier alpha value is -2.30. The van der Waals surface area contributed by atoms with E-state index in [0.717, 1.165) is 11.3 Å². The van der Waals surface area contributed by atoms with Crippen molar-refractivity contribution in [1.29, 1.82) is 0 Å². The van der Waals surface area contributed by atoms with Gasteiger partial charge in [0.25, 0.3) is 5.91 Å². The highest BCUT2D eigenvalue weighted by Crippen LogP contribution is 2.03. The Labute approximate surface area is 112 Å². The highest BCUT2D eigenvalue weighted by atomic mass is 16.1. The second-order valence-electron chi connectivity index (χ2n) is 4.53. The Morgan fingerprint density at radius 1 is 1.26 bits per heavy atom. The zero-order valence-electron chi connectivity index (χ0n) is 11.0. The van der Waals surface area contributed by atoms with Crippen LogP contribution in [0.15, 0.2) is 37.1 Å². The molecule has 0 saturated heterocycles. The van der Waals surface area contributed by atoms with Crippen LogP contribution in [0.25, 0.3) is 0 Å². The summed E-state index contributed by atoms with van der Waals surface area (Å²) in [5.74, 6) is -0.118. The summed E-state index contributed by atoms with van der Waals surface area (Å²) in [7, 11) is 0. The molecule has 2 aromatic rings. The van der Waals surface area contributed by atoms with Gasteiger partial charge in [0.15, 0.2) is 0 Å². The third-order valence-electron chi connectivity index (χ3n) is 2.65. The average Bonchev–Trinajstić information content (AvgIpc) is 2.39. The number of aromatic nitrogens is 3. The first-order valence-electron chi connectivity index (χ1n) is 6.12. The van der Waals surface area contributed by atoms with E-state index in [1.165, 1.54) is 0 Å². The van der Waals surface area contributed by atoms with Crippen LogP contribution in [0.3, 0.4) is 0 Å². The van der Waals surface area contributed by atoms with E-state index in [0.29, 0.717) is 12.0 Å². The molecule has 0 saturated carbocycles. The molecule has 19 heavy (non-hydrogen) atoms. The largest absolute Gasteiger partial charge is 0.349 e. The van der Waals surface area contributed by atoms with E-state index in [-0.39, 0.29) is 11.9 Å². The number of hydrogen-bond acceptors (Lipinski definition) is 4. The highest BCUT2D eigenvalue weighted by molar-refractivity contribution is 5.94. The normalized spacial score (nSPS) is 11.9. The van der Waals surface area contributed by atoms with Crippen molar-refractivity contribution in [1.82, 2.24) is 20.3 Å². The number of nitrogens with zero attached hydrogens (tertiary/aromatic N) is 3. The summed E-state index contributed by atoms with van der Waals surface area (Å²) in [5.41, 5.74) is 2.40. The van der Waals surface area contributed by atoms with Crippen LogP contribution in [0, 0.1) is 6.92 Å². The smallest absolute Gasteiger partial charge is 0.253 e. The lowest BCUT2D eigenvalue weighted by atomic mass is 10.1. The maximum Gasteiger partial charge on any atom is 0.253 e. The molecule has 0 bridgehead atoms. The molecule has 98 valence electrons. The van der Waals surface area contributed by atoms with Crippen LogP contribution < -0.4 is 5.32 Å². The number of amides is 1. The van der Waals surface area contributed by atoms with Crippen molar-refractivity contribution in [3.8, 4) is 0 Å². The number of nitrogens with one attached hydrogen (secondary N) is 1. The Kier molecular flexibility index (Phi) is 4.18. The standard InChI is InChI=1S/C14H16N4O/c1-10-5-12(8-16-7-10)14(19)18-11(2)6-13-9-15-3-4-17-13/h3-5,7-9,11H,6H2,1-2H3,(H,18,19). The summed E-state index contributed by atoms with van der Waals surface area (Å²) in [5, 5.41) is 2.93. The van der Waals surface area contributed by atoms with Crippen molar-refractivity contribution >= 4 is 5.91 Å². The molecule has 5 heteroatoms. The van der Waals surface area contributed by atoms with Gasteiger partial charge in [-0.25, -0.2) is 0 Å². The monoisotopic (exact) mass is 256 g/mol. The van der Waals surface area contributed by atoms with E-state index >= 15 is 0 Å². The van der Waals surface area contributed by atoms with Gasteiger partial charge in [-0.2, -0.15) is 0 Å². The highest BCUT2D eigenvalue weighted by Gasteiger charge is 2.11. The van der Waals surface area contributed by atoms with Crippen molar-refractivity contribution in [2.45, 2.75) is 26.3 Å². The number of pyridine rings is 1. The number of carbonyl (C=O) groups excluding carboxylic acids is 1. The third kappa shape index (κ3) is 3.84. The lowest BCUT2D eigenvalue weighted by Crippen LogP contribution is -2.34. The predicted octanol–water partition coefficient (Wildman–Crippen LogP) is 1.54. The Bertz CT molecular complexity index is 556. The molecular formula is C14H16N4O. The van der Waals surface area contributed by atoms with Crippen LogP contribution in [0.1, 0.15) is 28.5 Å². The molecule has 1 unspecified atom stereocenters. The van der Waals surface area contributed by atoms with E-state index < -0.39 is 0 Å². The number of carbonyl (C=O) groups is 1. The quantitative estimate of drug-likeness (QED) is 0.901. The molecule has 0 aliphatic carbocycles. The van der Waals surface area contributed by atoms with Crippen molar-refractivity contribution in [3.05, 3.63) is 53.9 Å². The van der Waals surface area contributed by atoms with Gasteiger partial charge in [0.05, 0.1) is 11.3 Å². The zero-order chi connectivity index (χ0) is 13.7. The van der Waals surface area contributed by atoms with Gasteiger partial charge in [0.2, 0.25) is 0 Å². The van der Waals surface area contributed by atoms with E-state index in [2.05, 4.69) is 20.3 Å². The van der Waals surface area contributed by atoms with Crippen LogP contribution in [-0.2, 0) is 6.42 Å². The van der Waals surface area contributed by atoms with E-state index in [9.17, 15) is 4.79 Å². The molecule has 0 aromatic carbocycles. The molecule has 5 nitrogen and oxygen atoms in total. The van der Waals surface area contributed by atoms with E-state index in [1.807, 2.05) is 19.9 Å². The first-order valence-corrected chi connectivity index (χ1v) is 6.12. The average molecular weight is 256 g/mol. The number of hydrogen-bond donors (Lipinski definition) is 1. The molecule has 0 fully saturated rings. The second-order valence-corrected chi connectivity index (χ2v) is 4.53. The first-order chi connectivity index (χ1) is 9.15. The number of rotatable bonds is 4. The zero-order valence-corrected chi connectivity index (χ0v) is 11.0. The Morgan fingerprint density at radius 2 is 2.11 bits per heavy atom. The summed E-state index contributed by atoms with van der Waals surface area (Å²) >= 11 is 0. The third-order valence-corrected chi connectivity index (χ3v) is 2.65. The summed E-state index contributed by atoms with van der Waals surface area (Å²) < 4.78 is 0. The van der Waals surface area contributed by atoms with Crippen molar-refractivity contribution in [3.63, 3.8) is 0 Å². The fraction of sp³-hybridized carbons (Fsp3) is 0.286. The van der Waals surface area contributed by atoms with Gasteiger partial charge in [0, 0.05) is 43.4 Å². The summed E-state index contributed by atoms with van der Waals surface area (Å²) in [4.78, 5) is 24.2. The van der Waals surface area contributed by atoms with Gasteiger partial charge in [0.1, 0.15) is 0 Å². The van der Waals surface area contributed by atoms with Crippen molar-refractivity contribution in [2.24, 2.45) is 0 Å². The minimum absolute atomic E-state index is 0.00953. The van der Waals surface area contributed by atoms with Crippen LogP contribution >= 0.6 is 0 Å². The topological polar surface area (TPSA) is 67.8 Å². The maximum absolute atomic E-state index is 12.0. The molecule has 0 radical (unpaired) electrons. The molecule has 0 aliphatic heterocycles. The van der Waals surface area contributed by atoms with Crippen molar-refractivity contribution < 1.29 is 4.79 Å². The first kappa shape index (κ1) is 13.1. The summed E-state index contributed by atoms with van der Waals surface area (Å²) in [6.07, 6.45) is 8.92. The number of aryl methyl sites for hydroxylation is 1. The maximum atomic E-state index is 12.0. The van der Waals surface area contributed by atoms with Gasteiger partial charge >= 0.3 is 0 Å². The Morgan fingerprint density at radius 3 is 2.79 bits per heavy atom. The second kappa shape index (κ2) is 6.04. The minimum Gasteiger partial charge on any atom is -0.349 e. The van der Waals surface area contributed by atoms with E-state index in [4.69, 9.17) is 0 Å². The molecule has 1 atom stereocenters. The van der Waals surface area contributed by atoms with E-state index in [1.54, 1.807) is 31.0 Å². The molecule has 0 aliphatic rings. The van der Waals surface area contributed by atoms with Crippen LogP contribution in [-0.4, -0.2) is 26.9 Å². The van der Waals surface area contributed by atoms with Gasteiger partial charge in [-0.3, -0.25) is 19.7 Å². The van der Waals surface area contributed by atoms with Crippen LogP contribution in [0.5, 0.6) is 0 Å². The molecule has 1 amide bonds. The van der Waals surface area contributed by atoms with Gasteiger partial charge in [-0.1, -0.05) is 0 Å². The lowest BCUT2D eigenvalue weighted by molar-refractivity contribution is 0.0939. The SMILES string of the molecule is Cc1cncc(C(=O)NC(C)Cc2cnccn2)c1. The van der Waals surface area contributed by atoms with Gasteiger partial charge in [-0.05, 0) is 25.5 Å². The fourth-order valence-electron chi connectivity index (χ4n) is 1.79. The summed E-state index contributed by atoms with van der Waals surface area (Å²) in [6, 6.07) is 1.81. The molecule has 0 spiro atoms. The molecule has 1 N–H and O–H groups in total. The van der Waals surface area contributed by atoms with Crippen molar-refractivity contribution in [2.75, 3.05) is 0 Å².